The van der Waals surface area contributed by atoms with Crippen LogP contribution in [0.3, 0.4) is 0 Å². The van der Waals surface area contributed by atoms with E-state index in [-0.39, 0.29) is 63.3 Å². The highest BCUT2D eigenvalue weighted by Gasteiger charge is 2.50. The van der Waals surface area contributed by atoms with Crippen molar-refractivity contribution in [2.45, 2.75) is 98.3 Å². The highest BCUT2D eigenvalue weighted by Crippen LogP contribution is 2.53. The Bertz CT molecular complexity index is 1780. The third-order valence-corrected chi connectivity index (χ3v) is 10.3. The molecule has 4 aliphatic heterocycles. The van der Waals surface area contributed by atoms with Crippen LogP contribution in [0.25, 0.3) is 10.8 Å². The van der Waals surface area contributed by atoms with E-state index in [4.69, 9.17) is 23.7 Å². The van der Waals surface area contributed by atoms with Crippen molar-refractivity contribution in [3.63, 3.8) is 0 Å². The summed E-state index contributed by atoms with van der Waals surface area (Å²) in [5, 5.41) is 47.5. The SMILES string of the molecule is COC1/C=C/OC2(C)Oc3c(C)c(O)c4c(O)c(cc(O)c4c3C2=O)NC(=O)/C(C)=C\C=C\C(C)C2OC(C)(C)OC(C(C)C(O)C1C)C2C. The van der Waals surface area contributed by atoms with Gasteiger partial charge in [0.1, 0.15) is 17.2 Å². The van der Waals surface area contributed by atoms with Crippen molar-refractivity contribution in [1.82, 2.24) is 0 Å². The van der Waals surface area contributed by atoms with Crippen LogP contribution in [0.5, 0.6) is 23.0 Å². The van der Waals surface area contributed by atoms with Gasteiger partial charge in [0.25, 0.3) is 11.7 Å². The molecule has 1 saturated heterocycles. The third kappa shape index (κ3) is 6.45. The number of allylic oxidation sites excluding steroid dienone is 2. The van der Waals surface area contributed by atoms with Gasteiger partial charge in [0.2, 0.25) is 0 Å². The van der Waals surface area contributed by atoms with E-state index < -0.39 is 58.6 Å². The largest absolute Gasteiger partial charge is 0.507 e. The molecule has 272 valence electrons. The zero-order valence-corrected chi connectivity index (χ0v) is 30.2. The van der Waals surface area contributed by atoms with Gasteiger partial charge >= 0.3 is 5.79 Å². The van der Waals surface area contributed by atoms with Crippen LogP contribution in [-0.4, -0.2) is 75.2 Å². The van der Waals surface area contributed by atoms with Crippen LogP contribution in [0.4, 0.5) is 5.69 Å². The lowest BCUT2D eigenvalue weighted by Gasteiger charge is -2.49. The van der Waals surface area contributed by atoms with E-state index in [2.05, 4.69) is 5.32 Å². The summed E-state index contributed by atoms with van der Waals surface area (Å²) in [7, 11) is 1.51. The summed E-state index contributed by atoms with van der Waals surface area (Å²) in [6, 6.07) is 1.11. The zero-order valence-electron chi connectivity index (χ0n) is 30.2. The lowest BCUT2D eigenvalue weighted by atomic mass is 9.77. The van der Waals surface area contributed by atoms with E-state index >= 15 is 0 Å². The van der Waals surface area contributed by atoms with E-state index in [0.717, 1.165) is 6.07 Å². The van der Waals surface area contributed by atoms with Crippen molar-refractivity contribution in [3.8, 4) is 23.0 Å². The minimum Gasteiger partial charge on any atom is -0.507 e. The number of Topliss-reactive ketones (excluding diaryl/α,β-unsaturated/α-hetero) is 1. The molecule has 9 atom stereocenters. The molecule has 2 aromatic rings. The number of hydrogen-bond acceptors (Lipinski definition) is 11. The van der Waals surface area contributed by atoms with Crippen molar-refractivity contribution in [2.75, 3.05) is 12.4 Å². The average Bonchev–Trinajstić information content (AvgIpc) is 3.32. The molecule has 12 nitrogen and oxygen atoms in total. The third-order valence-electron chi connectivity index (χ3n) is 10.3. The Morgan fingerprint density at radius 1 is 0.880 bits per heavy atom. The van der Waals surface area contributed by atoms with Crippen molar-refractivity contribution in [3.05, 3.63) is 53.3 Å². The molecule has 50 heavy (non-hydrogen) atoms. The standard InChI is InChI=1S/C38H49NO11/c1-17-12-11-13-18(2)36(45)39-23-16-24(40)26-27(31(23)43)30(42)21(5)34-28(26)35(44)38(9,50-34)47-15-14-25(46-10)19(3)29(41)20(4)33-22(6)32(17)48-37(7,8)49-33/h11-17,19-20,22,25,29,32-33,40-43H,1-10H3,(H,39,45)/b12-11+,15-14+,18-13-. The number of anilines is 1. The number of aliphatic hydroxyl groups excluding tert-OH is 1. The van der Waals surface area contributed by atoms with Gasteiger partial charge in [-0.1, -0.05) is 45.9 Å². The topological polar surface area (TPSA) is 173 Å². The Labute approximate surface area is 292 Å². The number of hydrogen-bond donors (Lipinski definition) is 5. The molecule has 1 fully saturated rings. The minimum atomic E-state index is -1.92. The Morgan fingerprint density at radius 3 is 2.20 bits per heavy atom. The number of ketones is 1. The first-order valence-corrected chi connectivity index (χ1v) is 16.9. The predicted octanol–water partition coefficient (Wildman–Crippen LogP) is 5.98. The molecule has 7 bridgehead atoms. The molecule has 0 aromatic heterocycles. The van der Waals surface area contributed by atoms with Crippen molar-refractivity contribution < 1.29 is 53.7 Å². The smallest absolute Gasteiger partial charge is 0.312 e. The van der Waals surface area contributed by atoms with Crippen molar-refractivity contribution in [1.29, 1.82) is 0 Å². The van der Waals surface area contributed by atoms with E-state index in [9.17, 15) is 30.0 Å². The first-order valence-electron chi connectivity index (χ1n) is 16.9. The molecule has 0 radical (unpaired) electrons. The fourth-order valence-electron chi connectivity index (χ4n) is 7.34. The minimum absolute atomic E-state index is 0.0274. The van der Waals surface area contributed by atoms with Crippen LogP contribution in [0, 0.1) is 30.6 Å². The molecule has 4 heterocycles. The number of ether oxygens (including phenoxy) is 5. The summed E-state index contributed by atoms with van der Waals surface area (Å²) in [5.41, 5.74) is 0.134. The maximum absolute atomic E-state index is 13.9. The number of nitrogens with one attached hydrogen (secondary N) is 1. The molecule has 4 aliphatic rings. The fourth-order valence-corrected chi connectivity index (χ4v) is 7.34. The lowest BCUT2D eigenvalue weighted by Crippen LogP contribution is -2.56. The van der Waals surface area contributed by atoms with Crippen LogP contribution in [0.1, 0.15) is 71.3 Å². The molecule has 12 heteroatoms. The monoisotopic (exact) mass is 695 g/mol. The summed E-state index contributed by atoms with van der Waals surface area (Å²) in [6.07, 6.45) is 5.96. The van der Waals surface area contributed by atoms with Crippen LogP contribution in [-0.2, 0) is 23.7 Å². The number of fused-ring (bicyclic) bond motifs is 10. The van der Waals surface area contributed by atoms with E-state index in [1.165, 1.54) is 27.2 Å². The van der Waals surface area contributed by atoms with Gasteiger partial charge in [-0.2, -0.15) is 0 Å². The maximum atomic E-state index is 13.9. The highest BCUT2D eigenvalue weighted by atomic mass is 16.7. The quantitative estimate of drug-likeness (QED) is 0.175. The Balaban J connectivity index is 1.62. The molecule has 9 unspecified atom stereocenters. The lowest BCUT2D eigenvalue weighted by molar-refractivity contribution is -0.336. The zero-order chi connectivity index (χ0) is 37.0. The van der Waals surface area contributed by atoms with E-state index in [1.807, 2.05) is 47.6 Å². The van der Waals surface area contributed by atoms with Crippen LogP contribution in [0.15, 0.2) is 42.2 Å². The molecular weight excluding hydrogens is 646 g/mol. The van der Waals surface area contributed by atoms with Crippen LogP contribution < -0.4 is 10.1 Å². The number of methoxy groups -OCH3 is 1. The number of amides is 1. The number of phenols is 3. The van der Waals surface area contributed by atoms with Gasteiger partial charge < -0.3 is 49.4 Å². The summed E-state index contributed by atoms with van der Waals surface area (Å²) >= 11 is 0. The Hall–Kier alpha value is -4.10. The van der Waals surface area contributed by atoms with Crippen LogP contribution >= 0.6 is 0 Å². The van der Waals surface area contributed by atoms with Crippen LogP contribution in [0.2, 0.25) is 0 Å². The van der Waals surface area contributed by atoms with Crippen molar-refractivity contribution >= 4 is 28.2 Å². The normalized spacial score (nSPS) is 35.5. The first-order chi connectivity index (χ1) is 23.3. The molecule has 0 saturated carbocycles. The van der Waals surface area contributed by atoms with Gasteiger partial charge in [0, 0.05) is 60.3 Å². The van der Waals surface area contributed by atoms with Gasteiger partial charge in [-0.05, 0) is 33.8 Å². The maximum Gasteiger partial charge on any atom is 0.312 e. The van der Waals surface area contributed by atoms with Gasteiger partial charge in [-0.3, -0.25) is 9.59 Å². The number of benzene rings is 2. The second kappa shape index (κ2) is 13.6. The summed E-state index contributed by atoms with van der Waals surface area (Å²) in [5.74, 6) is -6.63. The number of aromatic hydroxyl groups is 3. The fraction of sp³-hybridized carbons (Fsp3) is 0.526. The molecule has 0 spiro atoms. The number of carbonyl (C=O) groups is 2. The Morgan fingerprint density at radius 2 is 1.54 bits per heavy atom. The second-order valence-electron chi connectivity index (χ2n) is 14.4. The summed E-state index contributed by atoms with van der Waals surface area (Å²) in [6.45, 7) is 16.0. The van der Waals surface area contributed by atoms with Gasteiger partial charge in [-0.25, -0.2) is 0 Å². The predicted molar refractivity (Wildman–Crippen MR) is 186 cm³/mol. The molecule has 2 aromatic carbocycles. The highest BCUT2D eigenvalue weighted by molar-refractivity contribution is 6.21. The Kier molecular flexibility index (Phi) is 10.1. The number of carbonyl (C=O) groups excluding carboxylic acids is 2. The second-order valence-corrected chi connectivity index (χ2v) is 14.4. The number of aliphatic hydroxyl groups is 1. The molecule has 6 rings (SSSR count). The van der Waals surface area contributed by atoms with Crippen molar-refractivity contribution in [2.24, 2.45) is 23.7 Å². The average molecular weight is 696 g/mol. The van der Waals surface area contributed by atoms with Gasteiger partial charge in [-0.15, -0.1) is 0 Å². The van der Waals surface area contributed by atoms with E-state index in [0.29, 0.717) is 5.57 Å². The number of rotatable bonds is 1. The molecule has 0 aliphatic carbocycles. The first kappa shape index (κ1) is 37.2. The molecule has 5 N–H and O–H groups in total. The molecular formula is C38H49NO11. The van der Waals surface area contributed by atoms with Gasteiger partial charge in [0.05, 0.1) is 47.3 Å². The van der Waals surface area contributed by atoms with Gasteiger partial charge in [0.15, 0.2) is 11.5 Å². The summed E-state index contributed by atoms with van der Waals surface area (Å²) < 4.78 is 30.4. The molecule has 1 amide bonds. The van der Waals surface area contributed by atoms with E-state index in [1.54, 1.807) is 25.2 Å². The number of phenolic OH excluding ortho intramolecular Hbond substituents is 3. The summed E-state index contributed by atoms with van der Waals surface area (Å²) in [4.78, 5) is 27.2.